The number of hydrogen-bond acceptors (Lipinski definition) is 5. The fraction of sp³-hybridized carbons (Fsp3) is 0.447. The van der Waals surface area contributed by atoms with E-state index in [1.54, 1.807) is 0 Å². The molecule has 0 saturated carbocycles. The minimum absolute atomic E-state index is 0. The zero-order valence-electron chi connectivity index (χ0n) is 33.8. The Bertz CT molecular complexity index is 2250. The van der Waals surface area contributed by atoms with Crippen LogP contribution in [-0.2, 0) is 36.7 Å². The molecule has 6 aromatic rings. The molecule has 6 rings (SSSR count). The van der Waals surface area contributed by atoms with E-state index in [0.717, 1.165) is 87.4 Å². The molecule has 5 nitrogen and oxygen atoms in total. The second kappa shape index (κ2) is 16.3. The number of rotatable bonds is 10. The van der Waals surface area contributed by atoms with Crippen molar-refractivity contribution in [2.24, 2.45) is 16.7 Å². The minimum atomic E-state index is -0.337. The van der Waals surface area contributed by atoms with Crippen molar-refractivity contribution in [1.29, 1.82) is 0 Å². The maximum atomic E-state index is 12.2. The van der Waals surface area contributed by atoms with Crippen LogP contribution in [-0.4, -0.2) is 15.9 Å². The van der Waals surface area contributed by atoms with Gasteiger partial charge in [0, 0.05) is 70.6 Å². The van der Waals surface area contributed by atoms with Gasteiger partial charge in [-0.15, -0.1) is 29.1 Å². The third-order valence-corrected chi connectivity index (χ3v) is 11.6. The van der Waals surface area contributed by atoms with Crippen molar-refractivity contribution >= 4 is 49.5 Å². The predicted molar refractivity (Wildman–Crippen MR) is 218 cm³/mol. The molecule has 0 aliphatic heterocycles. The number of aryl methyl sites for hydroxylation is 1. The summed E-state index contributed by atoms with van der Waals surface area (Å²) in [6.45, 7) is 25.4. The number of carbonyl (C=O) groups excluding carboxylic acids is 1. The van der Waals surface area contributed by atoms with Gasteiger partial charge in [0.05, 0.1) is 0 Å². The molecule has 1 N–H and O–H groups in total. The van der Waals surface area contributed by atoms with Gasteiger partial charge in [0.15, 0.2) is 5.78 Å². The summed E-state index contributed by atoms with van der Waals surface area (Å²) in [5, 5.41) is 15.7. The van der Waals surface area contributed by atoms with E-state index in [9.17, 15) is 9.90 Å². The molecule has 285 valence electrons. The summed E-state index contributed by atoms with van der Waals surface area (Å²) in [5.74, 6) is 1.78. The Morgan fingerprint density at radius 1 is 0.830 bits per heavy atom. The Hall–Kier alpha value is -3.73. The Balaban J connectivity index is 0.000000299. The van der Waals surface area contributed by atoms with E-state index in [-0.39, 0.29) is 47.9 Å². The van der Waals surface area contributed by atoms with Crippen molar-refractivity contribution in [3.63, 3.8) is 0 Å². The van der Waals surface area contributed by atoms with E-state index in [1.165, 1.54) is 22.6 Å². The van der Waals surface area contributed by atoms with E-state index >= 15 is 0 Å². The Morgan fingerprint density at radius 2 is 1.42 bits per heavy atom. The van der Waals surface area contributed by atoms with Crippen molar-refractivity contribution in [2.75, 3.05) is 0 Å². The number of benzene rings is 3. The van der Waals surface area contributed by atoms with Gasteiger partial charge >= 0.3 is 0 Å². The molecule has 53 heavy (non-hydrogen) atoms. The van der Waals surface area contributed by atoms with Crippen molar-refractivity contribution in [2.45, 2.75) is 121 Å². The van der Waals surface area contributed by atoms with Crippen molar-refractivity contribution in [3.05, 3.63) is 89.5 Å². The maximum Gasteiger partial charge on any atom is 0.164 e. The number of pyridine rings is 1. The van der Waals surface area contributed by atoms with E-state index in [0.29, 0.717) is 5.92 Å². The summed E-state index contributed by atoms with van der Waals surface area (Å²) in [5.41, 5.74) is 6.43. The predicted octanol–water partition coefficient (Wildman–Crippen LogP) is 13.8. The summed E-state index contributed by atoms with van der Waals surface area (Å²) in [6.07, 6.45) is 7.55. The second-order valence-electron chi connectivity index (χ2n) is 16.5. The van der Waals surface area contributed by atoms with Gasteiger partial charge in [-0.2, -0.15) is 0 Å². The fourth-order valence-electron chi connectivity index (χ4n) is 7.09. The first kappa shape index (κ1) is 42.0. The van der Waals surface area contributed by atoms with Gasteiger partial charge in [-0.3, -0.25) is 9.78 Å². The van der Waals surface area contributed by atoms with Crippen LogP contribution in [0.5, 0.6) is 0 Å². The molecule has 1 radical (unpaired) electrons. The third-order valence-electron chi connectivity index (χ3n) is 11.6. The molecule has 0 spiro atoms. The zero-order chi connectivity index (χ0) is 38.2. The van der Waals surface area contributed by atoms with Crippen molar-refractivity contribution in [1.82, 2.24) is 4.98 Å². The summed E-state index contributed by atoms with van der Waals surface area (Å²) in [4.78, 5) is 17.1. The zero-order valence-corrected chi connectivity index (χ0v) is 36.2. The monoisotopic (exact) mass is 893 g/mol. The Morgan fingerprint density at radius 3 is 2.00 bits per heavy atom. The molecule has 0 saturated heterocycles. The molecular weight excluding hydrogens is 835 g/mol. The van der Waals surface area contributed by atoms with Crippen LogP contribution in [0.4, 0.5) is 0 Å². The Labute approximate surface area is 330 Å². The molecule has 3 aromatic carbocycles. The number of carbonyl (C=O) groups is 1. The summed E-state index contributed by atoms with van der Waals surface area (Å²) in [7, 11) is 0. The topological polar surface area (TPSA) is 76.5 Å². The summed E-state index contributed by atoms with van der Waals surface area (Å²) < 4.78 is 12.6. The van der Waals surface area contributed by atoms with Crippen LogP contribution >= 0.6 is 0 Å². The van der Waals surface area contributed by atoms with Gasteiger partial charge in [0.2, 0.25) is 0 Å². The molecule has 0 atom stereocenters. The van der Waals surface area contributed by atoms with Crippen LogP contribution in [0, 0.1) is 29.7 Å². The number of fused-ring (bicyclic) bond motifs is 6. The first-order chi connectivity index (χ1) is 24.5. The first-order valence-corrected chi connectivity index (χ1v) is 19.1. The van der Waals surface area contributed by atoms with E-state index in [4.69, 9.17) is 13.8 Å². The quantitative estimate of drug-likeness (QED) is 0.0842. The average molecular weight is 893 g/mol. The summed E-state index contributed by atoms with van der Waals surface area (Å²) >= 11 is 0. The minimum Gasteiger partial charge on any atom is -0.512 e. The molecular formula is C47H58IrNO4-. The van der Waals surface area contributed by atoms with E-state index < -0.39 is 0 Å². The number of nitrogens with zero attached hydrogens (tertiary/aromatic N) is 1. The van der Waals surface area contributed by atoms with Crippen LogP contribution < -0.4 is 0 Å². The van der Waals surface area contributed by atoms with Gasteiger partial charge in [-0.05, 0) is 68.6 Å². The van der Waals surface area contributed by atoms with Crippen LogP contribution in [0.1, 0.15) is 119 Å². The average Bonchev–Trinajstić information content (AvgIpc) is 3.66. The van der Waals surface area contributed by atoms with Crippen LogP contribution in [0.3, 0.4) is 0 Å². The largest absolute Gasteiger partial charge is 0.512 e. The van der Waals surface area contributed by atoms with Crippen LogP contribution in [0.25, 0.3) is 54.9 Å². The smallest absolute Gasteiger partial charge is 0.164 e. The molecule has 0 unspecified atom stereocenters. The summed E-state index contributed by atoms with van der Waals surface area (Å²) in [6, 6.07) is 20.5. The number of hydrogen-bond donors (Lipinski definition) is 1. The SMILES string of the molecule is CCC(C)(CC)C(=O)/C=C(\O)C(C)(CC)CC.Cc1oc2ccc3oc4ccnc(-c5[c-]c6ccccc6c(C(C)(C)C)c5)c4c3c2c1CC(C)C.[Ir]. The molecule has 6 heteroatoms. The van der Waals surface area contributed by atoms with Gasteiger partial charge in [0.1, 0.15) is 28.3 Å². The molecule has 0 fully saturated rings. The third kappa shape index (κ3) is 8.20. The normalized spacial score (nSPS) is 12.8. The molecule has 0 amide bonds. The van der Waals surface area contributed by atoms with Crippen LogP contribution in [0.15, 0.2) is 75.4 Å². The molecule has 0 bridgehead atoms. The first-order valence-electron chi connectivity index (χ1n) is 19.1. The van der Waals surface area contributed by atoms with Gasteiger partial charge in [-0.1, -0.05) is 105 Å². The van der Waals surface area contributed by atoms with Crippen molar-refractivity contribution in [3.8, 4) is 11.3 Å². The van der Waals surface area contributed by atoms with Gasteiger partial charge in [-0.25, -0.2) is 0 Å². The van der Waals surface area contributed by atoms with E-state index in [1.807, 2.05) is 65.9 Å². The molecule has 3 aromatic heterocycles. The van der Waals surface area contributed by atoms with Crippen molar-refractivity contribution < 1.29 is 38.8 Å². The number of aliphatic hydroxyl groups is 1. The molecule has 0 aliphatic carbocycles. The number of furan rings is 2. The van der Waals surface area contributed by atoms with E-state index in [2.05, 4.69) is 77.9 Å². The standard InChI is InChI=1S/C32H30NO2.C15H28O2.Ir/c1-18(2)15-23-19(3)34-25-11-12-26-29(28(23)25)30-27(35-26)13-14-33-31(30)21-16-20-9-7-8-10-22(20)24(17-21)32(4,5)6;1-7-14(5,8-2)12(16)11-13(17)15(6,9-3)10-4;/h7-14,17-18H,15H2,1-6H3;11,16H,7-10H2,1-6H3;/q-1;;/b;12-11-;. The van der Waals surface area contributed by atoms with Gasteiger partial charge in [0.25, 0.3) is 0 Å². The van der Waals surface area contributed by atoms with Crippen LogP contribution in [0.2, 0.25) is 0 Å². The molecule has 3 heterocycles. The number of aliphatic hydroxyl groups excluding tert-OH is 1. The second-order valence-corrected chi connectivity index (χ2v) is 16.5. The maximum absolute atomic E-state index is 12.2. The number of ketones is 1. The number of allylic oxidation sites excluding steroid dienone is 2. The fourth-order valence-corrected chi connectivity index (χ4v) is 7.09. The Kier molecular flexibility index (Phi) is 12.9. The molecule has 0 aliphatic rings. The number of aromatic nitrogens is 1. The van der Waals surface area contributed by atoms with Gasteiger partial charge < -0.3 is 13.9 Å².